The lowest BCUT2D eigenvalue weighted by Gasteiger charge is -2.15. The summed E-state index contributed by atoms with van der Waals surface area (Å²) in [5, 5.41) is 0. The van der Waals surface area contributed by atoms with Gasteiger partial charge in [0.25, 0.3) is 0 Å². The minimum atomic E-state index is 0.0417. The minimum absolute atomic E-state index is 0.0417. The first-order valence-corrected chi connectivity index (χ1v) is 6.32. The summed E-state index contributed by atoms with van der Waals surface area (Å²) in [5.41, 5.74) is 1.27. The van der Waals surface area contributed by atoms with Crippen molar-refractivity contribution in [1.29, 1.82) is 0 Å². The molecule has 0 N–H and O–H groups in total. The Hall–Kier alpha value is -0.500. The highest BCUT2D eigenvalue weighted by atomic mass is 16.5. The summed E-state index contributed by atoms with van der Waals surface area (Å²) in [5.74, 6) is 0. The van der Waals surface area contributed by atoms with Gasteiger partial charge in [-0.25, -0.2) is 0 Å². The molecule has 0 aromatic heterocycles. The quantitative estimate of drug-likeness (QED) is 0.672. The average molecular weight is 229 g/mol. The van der Waals surface area contributed by atoms with Crippen LogP contribution in [0.25, 0.3) is 0 Å². The third-order valence-corrected chi connectivity index (χ3v) is 2.26. The van der Waals surface area contributed by atoms with Crippen LogP contribution in [0.1, 0.15) is 54.4 Å². The molecule has 2 nitrogen and oxygen atoms in total. The fraction of sp³-hybridized carbons (Fsp3) is 0.857. The van der Waals surface area contributed by atoms with Crippen LogP contribution >= 0.6 is 0 Å². The summed E-state index contributed by atoms with van der Waals surface area (Å²) in [6.45, 7) is 18.5. The molecule has 1 fully saturated rings. The Bertz CT molecular complexity index is 164. The summed E-state index contributed by atoms with van der Waals surface area (Å²) in [6, 6.07) is 0. The Morgan fingerprint density at radius 3 is 1.56 bits per heavy atom. The molecule has 1 heterocycles. The van der Waals surface area contributed by atoms with E-state index in [2.05, 4.69) is 18.4 Å². The van der Waals surface area contributed by atoms with Crippen molar-refractivity contribution in [1.82, 2.24) is 4.90 Å². The molecule has 2 heteroatoms. The molecular weight excluding hydrogens is 198 g/mol. The van der Waals surface area contributed by atoms with E-state index in [0.29, 0.717) is 0 Å². The van der Waals surface area contributed by atoms with E-state index in [1.807, 2.05) is 34.6 Å². The van der Waals surface area contributed by atoms with E-state index in [0.717, 1.165) is 0 Å². The summed E-state index contributed by atoms with van der Waals surface area (Å²) in [7, 11) is 1.71. The van der Waals surface area contributed by atoms with E-state index >= 15 is 0 Å². The van der Waals surface area contributed by atoms with Gasteiger partial charge in [-0.1, -0.05) is 20.4 Å². The molecule has 98 valence electrons. The second-order valence-electron chi connectivity index (χ2n) is 4.75. The topological polar surface area (TPSA) is 12.5 Å². The van der Waals surface area contributed by atoms with Gasteiger partial charge in [0.1, 0.15) is 0 Å². The number of hydrogen-bond acceptors (Lipinski definition) is 2. The lowest BCUT2D eigenvalue weighted by molar-refractivity contribution is 0.0397. The SMILES string of the molecule is C=C(C)N1CCCC1.CC.COC(C)(C)C. The van der Waals surface area contributed by atoms with Crippen molar-refractivity contribution >= 4 is 0 Å². The molecule has 0 saturated carbocycles. The largest absolute Gasteiger partial charge is 0.379 e. The molecule has 0 aromatic carbocycles. The molecule has 0 aliphatic carbocycles. The van der Waals surface area contributed by atoms with Crippen LogP contribution in [0, 0.1) is 0 Å². The second kappa shape index (κ2) is 9.71. The smallest absolute Gasteiger partial charge is 0.0594 e. The Morgan fingerprint density at radius 2 is 1.44 bits per heavy atom. The maximum atomic E-state index is 4.94. The molecule has 1 rings (SSSR count). The molecule has 0 atom stereocenters. The van der Waals surface area contributed by atoms with E-state index in [4.69, 9.17) is 4.74 Å². The standard InChI is InChI=1S/C7H13N.C5H12O.C2H6/c1-7(2)8-5-3-4-6-8;1-5(2,3)6-4;1-2/h1,3-6H2,2H3;1-4H3;1-2H3. The normalized spacial score (nSPS) is 14.6. The van der Waals surface area contributed by atoms with Gasteiger partial charge in [0.05, 0.1) is 5.60 Å². The van der Waals surface area contributed by atoms with Crippen molar-refractivity contribution in [3.8, 4) is 0 Å². The highest BCUT2D eigenvalue weighted by molar-refractivity contribution is 4.90. The Kier molecular flexibility index (Phi) is 10.8. The molecule has 1 saturated heterocycles. The summed E-state index contributed by atoms with van der Waals surface area (Å²) in [4.78, 5) is 2.33. The predicted molar refractivity (Wildman–Crippen MR) is 73.7 cm³/mol. The van der Waals surface area contributed by atoms with Crippen LogP contribution in [0.15, 0.2) is 12.3 Å². The molecule has 1 aliphatic rings. The minimum Gasteiger partial charge on any atom is -0.379 e. The van der Waals surface area contributed by atoms with Crippen molar-refractivity contribution in [3.63, 3.8) is 0 Å². The highest BCUT2D eigenvalue weighted by Crippen LogP contribution is 2.11. The molecular formula is C14H31NO. The lowest BCUT2D eigenvalue weighted by Crippen LogP contribution is -2.15. The van der Waals surface area contributed by atoms with Gasteiger partial charge in [-0.3, -0.25) is 0 Å². The number of allylic oxidation sites excluding steroid dienone is 1. The van der Waals surface area contributed by atoms with Crippen LogP contribution in [-0.4, -0.2) is 30.7 Å². The molecule has 0 unspecified atom stereocenters. The zero-order valence-corrected chi connectivity index (χ0v) is 12.4. The van der Waals surface area contributed by atoms with Crippen LogP contribution in [0.2, 0.25) is 0 Å². The average Bonchev–Trinajstić information content (AvgIpc) is 2.74. The maximum Gasteiger partial charge on any atom is 0.0594 e. The summed E-state index contributed by atoms with van der Waals surface area (Å²) >= 11 is 0. The molecule has 1 aliphatic heterocycles. The Morgan fingerprint density at radius 1 is 1.12 bits per heavy atom. The number of hydrogen-bond donors (Lipinski definition) is 0. The van der Waals surface area contributed by atoms with Crippen LogP contribution in [0.5, 0.6) is 0 Å². The first-order valence-electron chi connectivity index (χ1n) is 6.32. The number of nitrogens with zero attached hydrogens (tertiary/aromatic N) is 1. The summed E-state index contributed by atoms with van der Waals surface area (Å²) in [6.07, 6.45) is 2.71. The van der Waals surface area contributed by atoms with Gasteiger partial charge in [0.2, 0.25) is 0 Å². The van der Waals surface area contributed by atoms with E-state index in [9.17, 15) is 0 Å². The highest BCUT2D eigenvalue weighted by Gasteiger charge is 2.08. The van der Waals surface area contributed by atoms with Gasteiger partial charge in [-0.2, -0.15) is 0 Å². The van der Waals surface area contributed by atoms with E-state index in [-0.39, 0.29) is 5.60 Å². The lowest BCUT2D eigenvalue weighted by atomic mass is 10.2. The number of methoxy groups -OCH3 is 1. The first kappa shape index (κ1) is 17.9. The zero-order valence-electron chi connectivity index (χ0n) is 12.4. The van der Waals surface area contributed by atoms with Crippen molar-refractivity contribution in [2.75, 3.05) is 20.2 Å². The van der Waals surface area contributed by atoms with Gasteiger partial charge >= 0.3 is 0 Å². The van der Waals surface area contributed by atoms with Crippen molar-refractivity contribution < 1.29 is 4.74 Å². The molecule has 0 amide bonds. The van der Waals surface area contributed by atoms with Gasteiger partial charge in [-0.05, 0) is 40.5 Å². The number of likely N-dealkylation sites (tertiary alicyclic amines) is 1. The van der Waals surface area contributed by atoms with Crippen LogP contribution < -0.4 is 0 Å². The molecule has 0 spiro atoms. The Balaban J connectivity index is 0. The third-order valence-electron chi connectivity index (χ3n) is 2.26. The molecule has 0 radical (unpaired) electrons. The third kappa shape index (κ3) is 11.6. The molecule has 0 aromatic rings. The second-order valence-corrected chi connectivity index (χ2v) is 4.75. The van der Waals surface area contributed by atoms with Gasteiger partial charge < -0.3 is 9.64 Å². The van der Waals surface area contributed by atoms with E-state index < -0.39 is 0 Å². The maximum absolute atomic E-state index is 4.94. The summed E-state index contributed by atoms with van der Waals surface area (Å²) < 4.78 is 4.94. The van der Waals surface area contributed by atoms with Gasteiger partial charge in [-0.15, -0.1) is 0 Å². The van der Waals surface area contributed by atoms with Gasteiger partial charge in [0.15, 0.2) is 0 Å². The first-order chi connectivity index (χ1) is 7.37. The van der Waals surface area contributed by atoms with Crippen molar-refractivity contribution in [3.05, 3.63) is 12.3 Å². The monoisotopic (exact) mass is 229 g/mol. The number of ether oxygens (including phenoxy) is 1. The van der Waals surface area contributed by atoms with Crippen molar-refractivity contribution in [2.45, 2.75) is 60.0 Å². The predicted octanol–water partition coefficient (Wildman–Crippen LogP) is 4.07. The Labute approximate surface area is 103 Å². The van der Waals surface area contributed by atoms with Gasteiger partial charge in [0, 0.05) is 25.9 Å². The fourth-order valence-electron chi connectivity index (χ4n) is 1.10. The molecule has 16 heavy (non-hydrogen) atoms. The van der Waals surface area contributed by atoms with Crippen LogP contribution in [-0.2, 0) is 4.74 Å². The van der Waals surface area contributed by atoms with E-state index in [1.54, 1.807) is 7.11 Å². The van der Waals surface area contributed by atoms with E-state index in [1.165, 1.54) is 31.6 Å². The molecule has 0 bridgehead atoms. The number of rotatable bonds is 1. The zero-order chi connectivity index (χ0) is 13.2. The fourth-order valence-corrected chi connectivity index (χ4v) is 1.10. The van der Waals surface area contributed by atoms with Crippen molar-refractivity contribution in [2.24, 2.45) is 0 Å². The van der Waals surface area contributed by atoms with Crippen LogP contribution in [0.4, 0.5) is 0 Å². The van der Waals surface area contributed by atoms with Crippen LogP contribution in [0.3, 0.4) is 0 Å².